The van der Waals surface area contributed by atoms with Crippen molar-refractivity contribution in [2.75, 3.05) is 6.61 Å². The fraction of sp³-hybridized carbons (Fsp3) is 0.429. The summed E-state index contributed by atoms with van der Waals surface area (Å²) in [5.41, 5.74) is 0.547. The topological polar surface area (TPSA) is 55.2 Å². The van der Waals surface area contributed by atoms with Crippen molar-refractivity contribution < 1.29 is 9.84 Å². The summed E-state index contributed by atoms with van der Waals surface area (Å²) in [6, 6.07) is 0. The minimum Gasteiger partial charge on any atom is -0.504 e. The van der Waals surface area contributed by atoms with Gasteiger partial charge in [-0.15, -0.1) is 0 Å². The molecule has 0 amide bonds. The molecular weight excluding hydrogens is 144 g/mol. The summed E-state index contributed by atoms with van der Waals surface area (Å²) in [6.45, 7) is 0.744. The molecule has 1 saturated heterocycles. The van der Waals surface area contributed by atoms with Crippen LogP contribution in [-0.2, 0) is 4.74 Å². The average Bonchev–Trinajstić information content (AvgIpc) is 1.90. The number of rotatable bonds is 1. The molecule has 1 aromatic rings. The number of ether oxygens (including phenoxy) is 1. The van der Waals surface area contributed by atoms with Crippen LogP contribution in [0.2, 0.25) is 0 Å². The van der Waals surface area contributed by atoms with Gasteiger partial charge in [0.15, 0.2) is 12.1 Å². The quantitative estimate of drug-likeness (QED) is 0.632. The second-order valence-electron chi connectivity index (χ2n) is 2.39. The van der Waals surface area contributed by atoms with Crippen LogP contribution in [-0.4, -0.2) is 21.7 Å². The van der Waals surface area contributed by atoms with Crippen LogP contribution >= 0.6 is 0 Å². The van der Waals surface area contributed by atoms with Gasteiger partial charge in [0, 0.05) is 6.42 Å². The van der Waals surface area contributed by atoms with Crippen molar-refractivity contribution in [1.29, 1.82) is 0 Å². The van der Waals surface area contributed by atoms with Gasteiger partial charge < -0.3 is 9.84 Å². The minimum absolute atomic E-state index is 0.0470. The molecule has 1 atom stereocenters. The number of nitrogens with zero attached hydrogens (tertiary/aromatic N) is 2. The fourth-order valence-corrected chi connectivity index (χ4v) is 0.984. The van der Waals surface area contributed by atoms with Gasteiger partial charge in [-0.3, -0.25) is 0 Å². The molecule has 1 unspecified atom stereocenters. The maximum Gasteiger partial charge on any atom is 0.198 e. The monoisotopic (exact) mass is 151 g/mol. The summed E-state index contributed by atoms with van der Waals surface area (Å²) >= 11 is 0. The highest BCUT2D eigenvalue weighted by molar-refractivity contribution is 5.24. The van der Waals surface area contributed by atoms with Gasteiger partial charge in [0.05, 0.1) is 12.8 Å². The van der Waals surface area contributed by atoms with E-state index in [1.807, 2.05) is 0 Å². The number of hydrogen-bond donors (Lipinski definition) is 1. The first-order chi connectivity index (χ1) is 5.38. The SMILES string of the molecule is Oc1cn[c]nc1C1CCO1. The van der Waals surface area contributed by atoms with E-state index in [-0.39, 0.29) is 11.9 Å². The highest BCUT2D eigenvalue weighted by atomic mass is 16.5. The fourth-order valence-electron chi connectivity index (χ4n) is 0.984. The van der Waals surface area contributed by atoms with E-state index in [0.29, 0.717) is 5.69 Å². The van der Waals surface area contributed by atoms with Gasteiger partial charge in [-0.2, -0.15) is 0 Å². The number of aromatic hydroxyl groups is 1. The van der Waals surface area contributed by atoms with Gasteiger partial charge in [0.2, 0.25) is 0 Å². The maximum absolute atomic E-state index is 9.22. The highest BCUT2D eigenvalue weighted by Crippen LogP contribution is 2.31. The first-order valence-corrected chi connectivity index (χ1v) is 3.41. The van der Waals surface area contributed by atoms with E-state index in [9.17, 15) is 5.11 Å². The van der Waals surface area contributed by atoms with Crippen molar-refractivity contribution in [3.05, 3.63) is 18.2 Å². The summed E-state index contributed by atoms with van der Waals surface area (Å²) in [7, 11) is 0. The van der Waals surface area contributed by atoms with Crippen molar-refractivity contribution in [2.45, 2.75) is 12.5 Å². The smallest absolute Gasteiger partial charge is 0.198 e. The largest absolute Gasteiger partial charge is 0.504 e. The van der Waals surface area contributed by atoms with E-state index in [2.05, 4.69) is 16.3 Å². The first-order valence-electron chi connectivity index (χ1n) is 3.41. The molecular formula is C7H7N2O2. The van der Waals surface area contributed by atoms with E-state index in [4.69, 9.17) is 4.74 Å². The Morgan fingerprint density at radius 3 is 3.09 bits per heavy atom. The van der Waals surface area contributed by atoms with Gasteiger partial charge in [0.1, 0.15) is 11.8 Å². The zero-order valence-electron chi connectivity index (χ0n) is 5.82. The molecule has 2 rings (SSSR count). The van der Waals surface area contributed by atoms with Gasteiger partial charge >= 0.3 is 0 Å². The van der Waals surface area contributed by atoms with E-state index in [0.717, 1.165) is 13.0 Å². The van der Waals surface area contributed by atoms with Crippen LogP contribution in [0.4, 0.5) is 0 Å². The predicted octanol–water partition coefficient (Wildman–Crippen LogP) is 0.444. The molecule has 0 aromatic carbocycles. The van der Waals surface area contributed by atoms with Gasteiger partial charge in [0.25, 0.3) is 0 Å². The molecule has 0 saturated carbocycles. The highest BCUT2D eigenvalue weighted by Gasteiger charge is 2.24. The predicted molar refractivity (Wildman–Crippen MR) is 35.8 cm³/mol. The molecule has 1 fully saturated rings. The zero-order chi connectivity index (χ0) is 7.68. The van der Waals surface area contributed by atoms with Crippen LogP contribution in [0, 0.1) is 6.33 Å². The van der Waals surface area contributed by atoms with Crippen LogP contribution in [0.15, 0.2) is 6.20 Å². The van der Waals surface area contributed by atoms with Gasteiger partial charge in [-0.1, -0.05) is 0 Å². The third kappa shape index (κ3) is 1.05. The lowest BCUT2D eigenvalue weighted by atomic mass is 10.1. The summed E-state index contributed by atoms with van der Waals surface area (Å²) in [5.74, 6) is 0.0912. The molecule has 57 valence electrons. The molecule has 4 nitrogen and oxygen atoms in total. The molecule has 0 aliphatic carbocycles. The molecule has 11 heavy (non-hydrogen) atoms. The molecule has 1 aliphatic rings. The first kappa shape index (κ1) is 6.54. The van der Waals surface area contributed by atoms with Crippen LogP contribution in [0.1, 0.15) is 18.2 Å². The van der Waals surface area contributed by atoms with Crippen molar-refractivity contribution >= 4 is 0 Å². The Morgan fingerprint density at radius 2 is 2.55 bits per heavy atom. The molecule has 1 N–H and O–H groups in total. The van der Waals surface area contributed by atoms with E-state index in [1.54, 1.807) is 0 Å². The number of aromatic nitrogens is 2. The van der Waals surface area contributed by atoms with Gasteiger partial charge in [-0.05, 0) is 0 Å². The normalized spacial score (nSPS) is 22.7. The lowest BCUT2D eigenvalue weighted by molar-refractivity contribution is -0.0565. The average molecular weight is 151 g/mol. The second-order valence-corrected chi connectivity index (χ2v) is 2.39. The Morgan fingerprint density at radius 1 is 1.73 bits per heavy atom. The second kappa shape index (κ2) is 2.47. The van der Waals surface area contributed by atoms with Crippen LogP contribution in [0.5, 0.6) is 5.75 Å². The van der Waals surface area contributed by atoms with Crippen molar-refractivity contribution in [1.82, 2.24) is 9.97 Å². The molecule has 2 heterocycles. The van der Waals surface area contributed by atoms with E-state index < -0.39 is 0 Å². The Bertz CT molecular complexity index is 260. The molecule has 1 aromatic heterocycles. The third-order valence-corrected chi connectivity index (χ3v) is 1.68. The lowest BCUT2D eigenvalue weighted by Gasteiger charge is -2.25. The molecule has 0 bridgehead atoms. The molecule has 0 spiro atoms. The van der Waals surface area contributed by atoms with E-state index in [1.165, 1.54) is 6.20 Å². The van der Waals surface area contributed by atoms with Crippen molar-refractivity contribution in [3.8, 4) is 5.75 Å². The van der Waals surface area contributed by atoms with Crippen molar-refractivity contribution in [3.63, 3.8) is 0 Å². The zero-order valence-corrected chi connectivity index (χ0v) is 5.82. The lowest BCUT2D eigenvalue weighted by Crippen LogP contribution is -2.19. The summed E-state index contributed by atoms with van der Waals surface area (Å²) < 4.78 is 5.13. The maximum atomic E-state index is 9.22. The van der Waals surface area contributed by atoms with E-state index >= 15 is 0 Å². The Balaban J connectivity index is 2.28. The molecule has 1 aliphatic heterocycles. The summed E-state index contributed by atoms with van der Waals surface area (Å²) in [6.07, 6.45) is 4.60. The summed E-state index contributed by atoms with van der Waals surface area (Å²) in [5, 5.41) is 9.22. The Hall–Kier alpha value is -1.16. The van der Waals surface area contributed by atoms with Crippen LogP contribution < -0.4 is 0 Å². The molecule has 1 radical (unpaired) electrons. The standard InChI is InChI=1S/C7H7N2O2/c10-5-3-8-4-9-7(5)6-1-2-11-6/h3,6,10H,1-2H2. The Labute approximate surface area is 63.9 Å². The summed E-state index contributed by atoms with van der Waals surface area (Å²) in [4.78, 5) is 7.33. The van der Waals surface area contributed by atoms with Gasteiger partial charge in [-0.25, -0.2) is 9.97 Å². The Kier molecular flexibility index (Phi) is 1.47. The van der Waals surface area contributed by atoms with Crippen LogP contribution in [0.25, 0.3) is 0 Å². The minimum atomic E-state index is -0.0470. The number of hydrogen-bond acceptors (Lipinski definition) is 4. The third-order valence-electron chi connectivity index (χ3n) is 1.68. The van der Waals surface area contributed by atoms with Crippen LogP contribution in [0.3, 0.4) is 0 Å². The molecule has 4 heteroatoms. The van der Waals surface area contributed by atoms with Crippen molar-refractivity contribution in [2.24, 2.45) is 0 Å².